The van der Waals surface area contributed by atoms with E-state index in [9.17, 15) is 24.0 Å². The quantitative estimate of drug-likeness (QED) is 0.123. The highest BCUT2D eigenvalue weighted by Crippen LogP contribution is 2.22. The van der Waals surface area contributed by atoms with E-state index in [1.807, 2.05) is 36.4 Å². The highest BCUT2D eigenvalue weighted by atomic mass is 32.1. The van der Waals surface area contributed by atoms with Gasteiger partial charge in [0.25, 0.3) is 0 Å². The van der Waals surface area contributed by atoms with Gasteiger partial charge >= 0.3 is 0 Å². The van der Waals surface area contributed by atoms with Crippen molar-refractivity contribution in [2.75, 3.05) is 32.0 Å². The number of unbranched alkanes of at least 4 members (excludes halogenated alkanes) is 4. The lowest BCUT2D eigenvalue weighted by molar-refractivity contribution is -0.128. The molecule has 1 aromatic heterocycles. The molecule has 0 fully saturated rings. The molecule has 0 saturated carbocycles. The number of aromatic nitrogens is 1. The topological polar surface area (TPSA) is 136 Å². The number of hydrogen-bond acceptors (Lipinski definition) is 7. The first-order chi connectivity index (χ1) is 19.4. The van der Waals surface area contributed by atoms with Crippen LogP contribution in [0.25, 0.3) is 0 Å². The molecule has 1 aromatic carbocycles. The molecule has 0 unspecified atom stereocenters. The number of hydrogen-bond donors (Lipinski definition) is 4. The van der Waals surface area contributed by atoms with E-state index in [4.69, 9.17) is 4.74 Å². The van der Waals surface area contributed by atoms with E-state index in [-0.39, 0.29) is 42.9 Å². The third-order valence-corrected chi connectivity index (χ3v) is 6.91. The number of rotatable bonds is 18. The number of nitrogens with one attached hydrogen (secondary N) is 3. The highest BCUT2D eigenvalue weighted by Gasteiger charge is 2.19. The summed E-state index contributed by atoms with van der Waals surface area (Å²) in [5.74, 6) is -0.653. The van der Waals surface area contributed by atoms with Crippen LogP contribution >= 0.6 is 12.6 Å². The van der Waals surface area contributed by atoms with Crippen molar-refractivity contribution < 1.29 is 28.7 Å². The summed E-state index contributed by atoms with van der Waals surface area (Å²) in [4.78, 5) is 59.1. The fourth-order valence-corrected chi connectivity index (χ4v) is 4.54. The first-order valence-electron chi connectivity index (χ1n) is 13.8. The van der Waals surface area contributed by atoms with Gasteiger partial charge in [-0.15, -0.1) is 0 Å². The van der Waals surface area contributed by atoms with E-state index in [0.717, 1.165) is 62.9 Å². The van der Waals surface area contributed by atoms with Crippen LogP contribution in [0.4, 0.5) is 0 Å². The lowest BCUT2D eigenvalue weighted by Gasteiger charge is -2.08. The van der Waals surface area contributed by atoms with Gasteiger partial charge in [-0.25, -0.2) is 0 Å². The van der Waals surface area contributed by atoms with Gasteiger partial charge in [-0.2, -0.15) is 12.6 Å². The molecule has 0 atom stereocenters. The second-order valence-corrected chi connectivity index (χ2v) is 10.0. The van der Waals surface area contributed by atoms with Crippen molar-refractivity contribution in [3.8, 4) is 5.75 Å². The average Bonchev–Trinajstić information content (AvgIpc) is 3.59. The maximum atomic E-state index is 12.8. The number of ether oxygens (including phenoxy) is 1. The van der Waals surface area contributed by atoms with Gasteiger partial charge < -0.3 is 25.3 Å². The van der Waals surface area contributed by atoms with Crippen LogP contribution < -0.4 is 20.7 Å². The van der Waals surface area contributed by atoms with Crippen molar-refractivity contribution in [3.63, 3.8) is 0 Å². The summed E-state index contributed by atoms with van der Waals surface area (Å²) in [6.07, 6.45) is 7.02. The van der Waals surface area contributed by atoms with Crippen molar-refractivity contribution in [1.29, 1.82) is 0 Å². The van der Waals surface area contributed by atoms with Crippen LogP contribution in [0.3, 0.4) is 0 Å². The molecule has 1 aliphatic heterocycles. The summed E-state index contributed by atoms with van der Waals surface area (Å²) in [5, 5.41) is 7.19. The Kier molecular flexibility index (Phi) is 12.8. The second kappa shape index (κ2) is 16.5. The summed E-state index contributed by atoms with van der Waals surface area (Å²) in [6.45, 7) is 0.926. The molecule has 0 radical (unpaired) electrons. The van der Waals surface area contributed by atoms with Gasteiger partial charge in [0.2, 0.25) is 23.5 Å². The lowest BCUT2D eigenvalue weighted by Crippen LogP contribution is -2.43. The Morgan fingerprint density at radius 3 is 2.15 bits per heavy atom. The minimum Gasteiger partial charge on any atom is -0.494 e. The standard InChI is InChI=1S/C29H38N4O6S/c34-23(17-30-26(35)18-31-27(36)19-32-28(37)20-40)8-4-2-1-3-5-16-39-24-12-9-21(10-13-24)29(38)25-14-11-22-7-6-15-33(22)25/h9-14,40H,1-8,15-20H2,(H,30,35)(H,31,36)(H,32,37). The molecule has 3 amide bonds. The third kappa shape index (κ3) is 10.2. The molecule has 0 bridgehead atoms. The SMILES string of the molecule is O=C(CCCCCCCOc1ccc(C(=O)c2ccc3n2CCC3)cc1)CNC(=O)CNC(=O)CNC(=O)CS. The Bertz CT molecular complexity index is 1180. The van der Waals surface area contributed by atoms with E-state index in [0.29, 0.717) is 18.6 Å². The fraction of sp³-hybridized carbons (Fsp3) is 0.483. The van der Waals surface area contributed by atoms with Gasteiger partial charge in [-0.05, 0) is 62.1 Å². The summed E-state index contributed by atoms with van der Waals surface area (Å²) < 4.78 is 7.92. The van der Waals surface area contributed by atoms with E-state index < -0.39 is 11.8 Å². The van der Waals surface area contributed by atoms with Gasteiger partial charge in [0.15, 0.2) is 5.78 Å². The fourth-order valence-electron chi connectivity index (χ4n) is 4.43. The number of amides is 3. The second-order valence-electron chi connectivity index (χ2n) is 9.71. The molecule has 3 rings (SSSR count). The van der Waals surface area contributed by atoms with Gasteiger partial charge in [0, 0.05) is 24.2 Å². The van der Waals surface area contributed by atoms with Gasteiger partial charge in [0.1, 0.15) is 5.75 Å². The zero-order chi connectivity index (χ0) is 28.7. The molecule has 0 spiro atoms. The van der Waals surface area contributed by atoms with E-state index in [1.165, 1.54) is 5.69 Å². The summed E-state index contributed by atoms with van der Waals surface area (Å²) in [6, 6.07) is 11.3. The maximum absolute atomic E-state index is 12.8. The number of Topliss-reactive ketones (excluding diaryl/α,β-unsaturated/α-hetero) is 1. The summed E-state index contributed by atoms with van der Waals surface area (Å²) in [5.41, 5.74) is 2.64. The molecule has 11 heteroatoms. The van der Waals surface area contributed by atoms with Gasteiger partial charge in [-0.1, -0.05) is 19.3 Å². The number of fused-ring (bicyclic) bond motifs is 1. The Hall–Kier alpha value is -3.60. The van der Waals surface area contributed by atoms with Gasteiger partial charge in [-0.3, -0.25) is 24.0 Å². The molecular weight excluding hydrogens is 532 g/mol. The zero-order valence-electron chi connectivity index (χ0n) is 22.7. The zero-order valence-corrected chi connectivity index (χ0v) is 23.6. The molecule has 0 saturated heterocycles. The first-order valence-corrected chi connectivity index (χ1v) is 14.4. The number of carbonyl (C=O) groups excluding carboxylic acids is 5. The maximum Gasteiger partial charge on any atom is 0.239 e. The predicted molar refractivity (Wildman–Crippen MR) is 154 cm³/mol. The average molecular weight is 571 g/mol. The van der Waals surface area contributed by atoms with E-state index >= 15 is 0 Å². The van der Waals surface area contributed by atoms with Crippen LogP contribution in [0.5, 0.6) is 5.75 Å². The molecular formula is C29H38N4O6S. The molecule has 10 nitrogen and oxygen atoms in total. The molecule has 0 aliphatic carbocycles. The smallest absolute Gasteiger partial charge is 0.239 e. The number of benzene rings is 1. The Morgan fingerprint density at radius 2 is 1.43 bits per heavy atom. The molecule has 3 N–H and O–H groups in total. The molecule has 2 heterocycles. The van der Waals surface area contributed by atoms with Crippen molar-refractivity contribution in [3.05, 3.63) is 53.3 Å². The number of aryl methyl sites for hydroxylation is 1. The Balaban J connectivity index is 1.18. The van der Waals surface area contributed by atoms with Crippen LogP contribution in [0.15, 0.2) is 36.4 Å². The van der Waals surface area contributed by atoms with Crippen LogP contribution in [0.1, 0.15) is 66.7 Å². The lowest BCUT2D eigenvalue weighted by atomic mass is 10.1. The van der Waals surface area contributed by atoms with Crippen LogP contribution in [-0.4, -0.2) is 65.8 Å². The highest BCUT2D eigenvalue weighted by molar-refractivity contribution is 7.81. The van der Waals surface area contributed by atoms with Crippen LogP contribution in [0.2, 0.25) is 0 Å². The number of thiol groups is 1. The summed E-state index contributed by atoms with van der Waals surface area (Å²) in [7, 11) is 0. The molecule has 216 valence electrons. The van der Waals surface area contributed by atoms with Crippen molar-refractivity contribution in [2.45, 2.75) is 57.9 Å². The number of ketones is 2. The first kappa shape index (κ1) is 30.9. The van der Waals surface area contributed by atoms with Gasteiger partial charge in [0.05, 0.1) is 37.7 Å². The largest absolute Gasteiger partial charge is 0.494 e. The monoisotopic (exact) mass is 570 g/mol. The number of nitrogens with zero attached hydrogens (tertiary/aromatic N) is 1. The van der Waals surface area contributed by atoms with Crippen molar-refractivity contribution >= 4 is 41.9 Å². The van der Waals surface area contributed by atoms with Crippen LogP contribution in [0, 0.1) is 0 Å². The minimum atomic E-state index is -0.498. The molecule has 40 heavy (non-hydrogen) atoms. The summed E-state index contributed by atoms with van der Waals surface area (Å²) >= 11 is 3.78. The van der Waals surface area contributed by atoms with E-state index in [2.05, 4.69) is 33.1 Å². The Morgan fingerprint density at radius 1 is 0.775 bits per heavy atom. The van der Waals surface area contributed by atoms with Crippen molar-refractivity contribution in [1.82, 2.24) is 20.5 Å². The normalized spacial score (nSPS) is 11.9. The molecule has 2 aromatic rings. The van der Waals surface area contributed by atoms with E-state index in [1.54, 1.807) is 0 Å². The minimum absolute atomic E-state index is 0.0264. The number of carbonyl (C=O) groups is 5. The Labute approximate surface area is 240 Å². The molecule has 1 aliphatic rings. The third-order valence-electron chi connectivity index (χ3n) is 6.62. The van der Waals surface area contributed by atoms with Crippen LogP contribution in [-0.2, 0) is 32.1 Å². The predicted octanol–water partition coefficient (Wildman–Crippen LogP) is 2.23. The van der Waals surface area contributed by atoms with Crippen molar-refractivity contribution in [2.24, 2.45) is 0 Å².